The molecule has 1 heterocycles. The molecule has 0 saturated carbocycles. The summed E-state index contributed by atoms with van der Waals surface area (Å²) < 4.78 is 1.72. The SMILES string of the molecule is CC(C)Cn1nccc1C(CN)C(=O)O. The highest BCUT2D eigenvalue weighted by atomic mass is 16.4. The maximum absolute atomic E-state index is 10.9. The molecule has 3 N–H and O–H groups in total. The average molecular weight is 211 g/mol. The van der Waals surface area contributed by atoms with E-state index in [0.717, 1.165) is 0 Å². The lowest BCUT2D eigenvalue weighted by molar-refractivity contribution is -0.138. The van der Waals surface area contributed by atoms with Crippen LogP contribution in [0.15, 0.2) is 12.3 Å². The number of hydrogen-bond acceptors (Lipinski definition) is 3. The summed E-state index contributed by atoms with van der Waals surface area (Å²) in [4.78, 5) is 10.9. The van der Waals surface area contributed by atoms with Crippen LogP contribution in [-0.2, 0) is 11.3 Å². The second-order valence-electron chi connectivity index (χ2n) is 3.96. The number of nitrogens with zero attached hydrogens (tertiary/aromatic N) is 2. The second kappa shape index (κ2) is 4.93. The second-order valence-corrected chi connectivity index (χ2v) is 3.96. The quantitative estimate of drug-likeness (QED) is 0.750. The first-order valence-electron chi connectivity index (χ1n) is 5.00. The molecule has 1 unspecified atom stereocenters. The number of hydrogen-bond donors (Lipinski definition) is 2. The summed E-state index contributed by atoms with van der Waals surface area (Å²) in [5, 5.41) is 13.1. The lowest BCUT2D eigenvalue weighted by Gasteiger charge is -2.14. The predicted molar refractivity (Wildman–Crippen MR) is 56.5 cm³/mol. The third-order valence-corrected chi connectivity index (χ3v) is 2.18. The maximum Gasteiger partial charge on any atom is 0.313 e. The van der Waals surface area contributed by atoms with E-state index in [9.17, 15) is 4.79 Å². The highest BCUT2D eigenvalue weighted by Gasteiger charge is 2.22. The van der Waals surface area contributed by atoms with Gasteiger partial charge >= 0.3 is 5.97 Å². The molecule has 0 spiro atoms. The van der Waals surface area contributed by atoms with Crippen LogP contribution < -0.4 is 5.73 Å². The van der Waals surface area contributed by atoms with Crippen molar-refractivity contribution < 1.29 is 9.90 Å². The fourth-order valence-corrected chi connectivity index (χ4v) is 1.49. The van der Waals surface area contributed by atoms with Crippen molar-refractivity contribution in [3.8, 4) is 0 Å². The van der Waals surface area contributed by atoms with Crippen LogP contribution in [0.2, 0.25) is 0 Å². The van der Waals surface area contributed by atoms with Crippen LogP contribution in [0.4, 0.5) is 0 Å². The van der Waals surface area contributed by atoms with E-state index in [1.54, 1.807) is 16.9 Å². The van der Waals surface area contributed by atoms with Crippen LogP contribution in [0.3, 0.4) is 0 Å². The molecule has 5 heteroatoms. The van der Waals surface area contributed by atoms with Crippen LogP contribution in [-0.4, -0.2) is 27.4 Å². The maximum atomic E-state index is 10.9. The molecule has 84 valence electrons. The van der Waals surface area contributed by atoms with Gasteiger partial charge in [-0.05, 0) is 12.0 Å². The van der Waals surface area contributed by atoms with Crippen molar-refractivity contribution in [1.29, 1.82) is 0 Å². The fraction of sp³-hybridized carbons (Fsp3) is 0.600. The van der Waals surface area contributed by atoms with Crippen LogP contribution in [0, 0.1) is 5.92 Å². The summed E-state index contributed by atoms with van der Waals surface area (Å²) in [6.45, 7) is 4.93. The van der Waals surface area contributed by atoms with E-state index in [1.807, 2.05) is 0 Å². The van der Waals surface area contributed by atoms with E-state index < -0.39 is 11.9 Å². The fourth-order valence-electron chi connectivity index (χ4n) is 1.49. The molecule has 0 aliphatic carbocycles. The van der Waals surface area contributed by atoms with Gasteiger partial charge in [0.05, 0.1) is 5.69 Å². The van der Waals surface area contributed by atoms with Crippen LogP contribution in [0.25, 0.3) is 0 Å². The smallest absolute Gasteiger partial charge is 0.313 e. The van der Waals surface area contributed by atoms with E-state index in [-0.39, 0.29) is 6.54 Å². The normalized spacial score (nSPS) is 13.1. The number of carbonyl (C=O) groups is 1. The largest absolute Gasteiger partial charge is 0.481 e. The minimum Gasteiger partial charge on any atom is -0.481 e. The van der Waals surface area contributed by atoms with E-state index >= 15 is 0 Å². The topological polar surface area (TPSA) is 81.1 Å². The zero-order valence-electron chi connectivity index (χ0n) is 9.05. The zero-order chi connectivity index (χ0) is 11.4. The van der Waals surface area contributed by atoms with Crippen molar-refractivity contribution in [2.24, 2.45) is 11.7 Å². The van der Waals surface area contributed by atoms with Crippen LogP contribution in [0.5, 0.6) is 0 Å². The summed E-state index contributed by atoms with van der Waals surface area (Å²) in [7, 11) is 0. The Hall–Kier alpha value is -1.36. The lowest BCUT2D eigenvalue weighted by Crippen LogP contribution is -2.25. The average Bonchev–Trinajstić information content (AvgIpc) is 2.53. The predicted octanol–water partition coefficient (Wildman–Crippen LogP) is 0.666. The molecule has 0 bridgehead atoms. The van der Waals surface area contributed by atoms with Crippen molar-refractivity contribution in [1.82, 2.24) is 9.78 Å². The van der Waals surface area contributed by atoms with Crippen molar-refractivity contribution in [2.75, 3.05) is 6.54 Å². The molecule has 15 heavy (non-hydrogen) atoms. The molecular formula is C10H17N3O2. The molecule has 0 amide bonds. The van der Waals surface area contributed by atoms with Crippen molar-refractivity contribution in [2.45, 2.75) is 26.3 Å². The molecule has 0 aliphatic rings. The summed E-state index contributed by atoms with van der Waals surface area (Å²) in [5.41, 5.74) is 6.12. The Labute approximate surface area is 88.9 Å². The number of aliphatic carboxylic acids is 1. The minimum atomic E-state index is -0.900. The van der Waals surface area contributed by atoms with E-state index in [4.69, 9.17) is 10.8 Å². The van der Waals surface area contributed by atoms with Gasteiger partial charge in [-0.25, -0.2) is 0 Å². The van der Waals surface area contributed by atoms with Gasteiger partial charge in [-0.15, -0.1) is 0 Å². The third kappa shape index (κ3) is 2.79. The zero-order valence-corrected chi connectivity index (χ0v) is 9.05. The van der Waals surface area contributed by atoms with Gasteiger partial charge in [-0.1, -0.05) is 13.8 Å². The van der Waals surface area contributed by atoms with E-state index in [1.165, 1.54) is 0 Å². The standard InChI is InChI=1S/C10H17N3O2/c1-7(2)6-13-9(3-4-12-13)8(5-11)10(14)15/h3-4,7-8H,5-6,11H2,1-2H3,(H,14,15). The highest BCUT2D eigenvalue weighted by Crippen LogP contribution is 2.15. The molecule has 1 aromatic rings. The first-order valence-corrected chi connectivity index (χ1v) is 5.00. The van der Waals surface area contributed by atoms with Crippen LogP contribution in [0.1, 0.15) is 25.5 Å². The third-order valence-electron chi connectivity index (χ3n) is 2.18. The Bertz CT molecular complexity index is 333. The van der Waals surface area contributed by atoms with Gasteiger partial charge in [0.15, 0.2) is 0 Å². The molecule has 0 aliphatic heterocycles. The molecule has 5 nitrogen and oxygen atoms in total. The Morgan fingerprint density at radius 3 is 2.80 bits per heavy atom. The van der Waals surface area contributed by atoms with E-state index in [0.29, 0.717) is 18.2 Å². The van der Waals surface area contributed by atoms with Gasteiger partial charge in [0, 0.05) is 19.3 Å². The number of nitrogens with two attached hydrogens (primary N) is 1. The monoisotopic (exact) mass is 211 g/mol. The van der Waals surface area contributed by atoms with E-state index in [2.05, 4.69) is 18.9 Å². The molecule has 1 atom stereocenters. The Balaban J connectivity index is 2.92. The van der Waals surface area contributed by atoms with Gasteiger partial charge < -0.3 is 10.8 Å². The van der Waals surface area contributed by atoms with Gasteiger partial charge in [0.1, 0.15) is 5.92 Å². The molecule has 0 saturated heterocycles. The van der Waals surface area contributed by atoms with Crippen molar-refractivity contribution >= 4 is 5.97 Å². The van der Waals surface area contributed by atoms with Crippen LogP contribution >= 0.6 is 0 Å². The Kier molecular flexibility index (Phi) is 3.85. The molecular weight excluding hydrogens is 194 g/mol. The molecule has 0 aromatic carbocycles. The highest BCUT2D eigenvalue weighted by molar-refractivity contribution is 5.75. The lowest BCUT2D eigenvalue weighted by atomic mass is 10.1. The van der Waals surface area contributed by atoms with Crippen molar-refractivity contribution in [3.63, 3.8) is 0 Å². The number of carboxylic acids is 1. The number of rotatable bonds is 5. The first-order chi connectivity index (χ1) is 7.06. The van der Waals surface area contributed by atoms with Crippen molar-refractivity contribution in [3.05, 3.63) is 18.0 Å². The number of aromatic nitrogens is 2. The summed E-state index contributed by atoms with van der Waals surface area (Å²) in [6, 6.07) is 1.72. The molecule has 1 rings (SSSR count). The van der Waals surface area contributed by atoms with Gasteiger partial charge in [0.25, 0.3) is 0 Å². The first kappa shape index (κ1) is 11.7. The number of carboxylic acid groups (broad SMARTS) is 1. The molecule has 0 fully saturated rings. The minimum absolute atomic E-state index is 0.0964. The summed E-state index contributed by atoms with van der Waals surface area (Å²) in [5.74, 6) is -1.13. The van der Waals surface area contributed by atoms with Gasteiger partial charge in [-0.2, -0.15) is 5.10 Å². The Morgan fingerprint density at radius 2 is 2.33 bits per heavy atom. The van der Waals surface area contributed by atoms with Gasteiger partial charge in [-0.3, -0.25) is 9.48 Å². The molecule has 1 aromatic heterocycles. The summed E-state index contributed by atoms with van der Waals surface area (Å²) in [6.07, 6.45) is 1.61. The summed E-state index contributed by atoms with van der Waals surface area (Å²) >= 11 is 0. The molecule has 0 radical (unpaired) electrons. The van der Waals surface area contributed by atoms with Gasteiger partial charge in [0.2, 0.25) is 0 Å². The Morgan fingerprint density at radius 1 is 1.67 bits per heavy atom.